The predicted octanol–water partition coefficient (Wildman–Crippen LogP) is 10.2. The molecule has 2 aromatic rings. The van der Waals surface area contributed by atoms with Crippen molar-refractivity contribution in [1.29, 1.82) is 0 Å². The average molecular weight is 617 g/mol. The summed E-state index contributed by atoms with van der Waals surface area (Å²) in [5, 5.41) is 0. The van der Waals surface area contributed by atoms with Crippen molar-refractivity contribution in [3.8, 4) is 0 Å². The standard InChI is InChI=1S/C22H11F18/c23-17(24,25)9-7-14(20(32,33)34)10(15(8-9)21(35,36)37)3-1-2-4-11-12(18(26,27)28)5-6-13(19(29,30)31)16(11)22(38,39)40/h1,5-8H,2-4H2. The van der Waals surface area contributed by atoms with Crippen LogP contribution in [0.3, 0.4) is 0 Å². The van der Waals surface area contributed by atoms with E-state index in [1.807, 2.05) is 0 Å². The van der Waals surface area contributed by atoms with Gasteiger partial charge in [-0.3, -0.25) is 0 Å². The minimum atomic E-state index is -6.03. The molecule has 2 aromatic carbocycles. The first-order valence-corrected chi connectivity index (χ1v) is 10.2. The fourth-order valence-electron chi connectivity index (χ4n) is 3.79. The molecule has 0 N–H and O–H groups in total. The molecule has 0 spiro atoms. The van der Waals surface area contributed by atoms with Gasteiger partial charge in [-0.15, -0.1) is 0 Å². The molecule has 0 amide bonds. The largest absolute Gasteiger partial charge is 0.417 e. The monoisotopic (exact) mass is 617 g/mol. The Kier molecular flexibility index (Phi) is 8.80. The summed E-state index contributed by atoms with van der Waals surface area (Å²) in [5.74, 6) is 0. The van der Waals surface area contributed by atoms with Gasteiger partial charge in [-0.05, 0) is 61.1 Å². The van der Waals surface area contributed by atoms with Crippen LogP contribution >= 0.6 is 0 Å². The van der Waals surface area contributed by atoms with Gasteiger partial charge in [0.2, 0.25) is 0 Å². The van der Waals surface area contributed by atoms with Crippen LogP contribution in [0.5, 0.6) is 0 Å². The van der Waals surface area contributed by atoms with Crippen molar-refractivity contribution in [2.45, 2.75) is 56.3 Å². The van der Waals surface area contributed by atoms with Crippen molar-refractivity contribution in [2.24, 2.45) is 0 Å². The predicted molar refractivity (Wildman–Crippen MR) is 99.2 cm³/mol. The van der Waals surface area contributed by atoms with E-state index in [0.29, 0.717) is 0 Å². The number of alkyl halides is 18. The Bertz CT molecular complexity index is 1160. The second-order valence-corrected chi connectivity index (χ2v) is 8.08. The number of rotatable bonds is 5. The second-order valence-electron chi connectivity index (χ2n) is 8.08. The molecule has 0 bridgehead atoms. The van der Waals surface area contributed by atoms with Crippen molar-refractivity contribution >= 4 is 0 Å². The van der Waals surface area contributed by atoms with Crippen molar-refractivity contribution in [3.05, 3.63) is 75.2 Å². The van der Waals surface area contributed by atoms with Crippen LogP contribution in [-0.4, -0.2) is 0 Å². The molecule has 2 rings (SSSR count). The molecule has 0 aliphatic rings. The maximum atomic E-state index is 13.5. The third-order valence-corrected chi connectivity index (χ3v) is 5.34. The van der Waals surface area contributed by atoms with Gasteiger partial charge in [0.1, 0.15) is 0 Å². The quantitative estimate of drug-likeness (QED) is 0.232. The zero-order valence-corrected chi connectivity index (χ0v) is 18.8. The highest BCUT2D eigenvalue weighted by Crippen LogP contribution is 2.47. The molecule has 0 saturated heterocycles. The summed E-state index contributed by atoms with van der Waals surface area (Å²) in [6, 6.07) is -2.11. The highest BCUT2D eigenvalue weighted by Gasteiger charge is 2.48. The summed E-state index contributed by atoms with van der Waals surface area (Å²) in [5.41, 5.74) is -18.5. The Hall–Kier alpha value is -2.82. The lowest BCUT2D eigenvalue weighted by Gasteiger charge is -2.23. The van der Waals surface area contributed by atoms with Gasteiger partial charge >= 0.3 is 37.1 Å². The van der Waals surface area contributed by atoms with Crippen molar-refractivity contribution in [1.82, 2.24) is 0 Å². The Labute approximate surface area is 211 Å². The molecule has 0 fully saturated rings. The molecule has 40 heavy (non-hydrogen) atoms. The summed E-state index contributed by atoms with van der Waals surface area (Å²) < 4.78 is 239. The summed E-state index contributed by atoms with van der Waals surface area (Å²) in [4.78, 5) is 0. The van der Waals surface area contributed by atoms with Crippen LogP contribution in [0.2, 0.25) is 0 Å². The molecule has 225 valence electrons. The molecule has 0 aliphatic carbocycles. The van der Waals surface area contributed by atoms with Crippen LogP contribution in [0.1, 0.15) is 50.9 Å². The molecule has 1 radical (unpaired) electrons. The minimum Gasteiger partial charge on any atom is -0.166 e. The fourth-order valence-corrected chi connectivity index (χ4v) is 3.79. The second kappa shape index (κ2) is 10.5. The van der Waals surface area contributed by atoms with Gasteiger partial charge in [0, 0.05) is 0 Å². The van der Waals surface area contributed by atoms with Gasteiger partial charge < -0.3 is 0 Å². The molecular weight excluding hydrogens is 606 g/mol. The van der Waals surface area contributed by atoms with Crippen LogP contribution in [0.15, 0.2) is 24.3 Å². The molecule has 0 atom stereocenters. The molecule has 0 heterocycles. The Morgan fingerprint density at radius 1 is 0.450 bits per heavy atom. The van der Waals surface area contributed by atoms with Gasteiger partial charge in [0.15, 0.2) is 0 Å². The average Bonchev–Trinajstić information content (AvgIpc) is 2.71. The van der Waals surface area contributed by atoms with E-state index in [1.54, 1.807) is 0 Å². The highest BCUT2D eigenvalue weighted by atomic mass is 19.4. The fraction of sp³-hybridized carbons (Fsp3) is 0.409. The smallest absolute Gasteiger partial charge is 0.166 e. The van der Waals surface area contributed by atoms with Crippen molar-refractivity contribution < 1.29 is 79.0 Å². The van der Waals surface area contributed by atoms with Crippen LogP contribution in [0.4, 0.5) is 79.0 Å². The molecule has 0 unspecified atom stereocenters. The molecule has 0 nitrogen and oxygen atoms in total. The van der Waals surface area contributed by atoms with Gasteiger partial charge in [-0.25, -0.2) is 0 Å². The van der Waals surface area contributed by atoms with E-state index < -0.39 is 119 Å². The first-order chi connectivity index (χ1) is 17.7. The van der Waals surface area contributed by atoms with E-state index in [0.717, 1.165) is 0 Å². The summed E-state index contributed by atoms with van der Waals surface area (Å²) in [7, 11) is 0. The lowest BCUT2D eigenvalue weighted by molar-refractivity contribution is -0.164. The van der Waals surface area contributed by atoms with E-state index >= 15 is 0 Å². The zero-order chi connectivity index (χ0) is 31.3. The highest BCUT2D eigenvalue weighted by molar-refractivity contribution is 5.47. The minimum absolute atomic E-state index is 0.285. The van der Waals surface area contributed by atoms with E-state index in [9.17, 15) is 79.0 Å². The molecule has 0 aromatic heterocycles. The first kappa shape index (κ1) is 33.4. The van der Waals surface area contributed by atoms with Crippen molar-refractivity contribution in [3.63, 3.8) is 0 Å². The zero-order valence-electron chi connectivity index (χ0n) is 18.8. The van der Waals surface area contributed by atoms with Gasteiger partial charge in [-0.1, -0.05) is 0 Å². The normalized spacial score (nSPS) is 14.2. The van der Waals surface area contributed by atoms with E-state index in [4.69, 9.17) is 0 Å². The lowest BCUT2D eigenvalue weighted by Crippen LogP contribution is -2.23. The lowest BCUT2D eigenvalue weighted by atomic mass is 9.89. The number of benzene rings is 2. The Morgan fingerprint density at radius 2 is 0.850 bits per heavy atom. The van der Waals surface area contributed by atoms with Crippen molar-refractivity contribution in [2.75, 3.05) is 0 Å². The number of unbranched alkanes of at least 4 members (excludes halogenated alkanes) is 1. The van der Waals surface area contributed by atoms with Gasteiger partial charge in [-0.2, -0.15) is 79.0 Å². The number of hydrogen-bond acceptors (Lipinski definition) is 0. The molecule has 0 aliphatic heterocycles. The molecule has 0 saturated carbocycles. The summed E-state index contributed by atoms with van der Waals surface area (Å²) in [6.07, 6.45) is -38.9. The number of hydrogen-bond donors (Lipinski definition) is 0. The van der Waals surface area contributed by atoms with Gasteiger partial charge in [0.05, 0.1) is 33.4 Å². The van der Waals surface area contributed by atoms with Crippen LogP contribution < -0.4 is 0 Å². The molecular formula is C22H11F18. The van der Waals surface area contributed by atoms with Crippen LogP contribution in [0.25, 0.3) is 0 Å². The van der Waals surface area contributed by atoms with Gasteiger partial charge in [0.25, 0.3) is 0 Å². The summed E-state index contributed by atoms with van der Waals surface area (Å²) in [6.45, 7) is 0. The van der Waals surface area contributed by atoms with Crippen LogP contribution in [-0.2, 0) is 49.9 Å². The van der Waals surface area contributed by atoms with E-state index in [2.05, 4.69) is 0 Å². The third-order valence-electron chi connectivity index (χ3n) is 5.34. The SMILES string of the molecule is FC(F)(F)c1cc(C(F)(F)F)c(C[CH]CCc2c(C(F)(F)F)ccc(C(F)(F)F)c2C(F)(F)F)c(C(F)(F)F)c1. The first-order valence-electron chi connectivity index (χ1n) is 10.2. The van der Waals surface area contributed by atoms with E-state index in [-0.39, 0.29) is 12.5 Å². The van der Waals surface area contributed by atoms with Crippen LogP contribution in [0, 0.1) is 6.42 Å². The maximum absolute atomic E-state index is 13.5. The maximum Gasteiger partial charge on any atom is 0.417 e. The third kappa shape index (κ3) is 7.67. The molecule has 18 heteroatoms. The Balaban J connectivity index is 2.59. The number of halogens is 18. The Morgan fingerprint density at radius 3 is 1.20 bits per heavy atom. The summed E-state index contributed by atoms with van der Waals surface area (Å²) >= 11 is 0. The van der Waals surface area contributed by atoms with E-state index in [1.165, 1.54) is 0 Å². The topological polar surface area (TPSA) is 0 Å².